The molecule has 0 aliphatic rings. The lowest BCUT2D eigenvalue weighted by Crippen LogP contribution is -2.11. The van der Waals surface area contributed by atoms with Crippen LogP contribution in [0.3, 0.4) is 0 Å². The molecule has 4 N–H and O–H groups in total. The average molecular weight is 246 g/mol. The van der Waals surface area contributed by atoms with Crippen LogP contribution in [0.15, 0.2) is 18.2 Å². The van der Waals surface area contributed by atoms with Crippen LogP contribution >= 0.6 is 7.60 Å². The molecule has 0 amide bonds. The van der Waals surface area contributed by atoms with Crippen LogP contribution < -0.4 is 5.73 Å². The first kappa shape index (κ1) is 12.8. The molecule has 0 fully saturated rings. The maximum absolute atomic E-state index is 10.9. The van der Waals surface area contributed by atoms with Crippen molar-refractivity contribution >= 4 is 13.3 Å². The van der Waals surface area contributed by atoms with Gasteiger partial charge in [-0.05, 0) is 12.5 Å². The van der Waals surface area contributed by atoms with E-state index < -0.39 is 18.3 Å². The molecule has 0 heterocycles. The molecule has 1 atom stereocenters. The van der Waals surface area contributed by atoms with E-state index in [-0.39, 0.29) is 11.3 Å². The standard InChI is InChI=1S/C8H11N2O5P/c1-5-2-3-6(4-7(5)10(11)12)8(9)16(13,14)15/h2-4,8H,9H2,1H3,(H2,13,14,15)/t8-/m1/s1. The van der Waals surface area contributed by atoms with E-state index in [1.165, 1.54) is 19.1 Å². The fourth-order valence-corrected chi connectivity index (χ4v) is 1.75. The zero-order chi connectivity index (χ0) is 12.5. The van der Waals surface area contributed by atoms with E-state index in [0.29, 0.717) is 5.56 Å². The first-order valence-corrected chi connectivity index (χ1v) is 5.97. The largest absolute Gasteiger partial charge is 0.346 e. The molecular formula is C8H11N2O5P. The molecule has 1 aromatic carbocycles. The minimum Gasteiger partial charge on any atom is -0.323 e. The van der Waals surface area contributed by atoms with Gasteiger partial charge in [-0.25, -0.2) is 0 Å². The first-order chi connectivity index (χ1) is 7.23. The Balaban J connectivity index is 3.23. The molecule has 0 saturated heterocycles. The molecule has 0 aliphatic carbocycles. The summed E-state index contributed by atoms with van der Waals surface area (Å²) in [5.41, 5.74) is 5.55. The summed E-state index contributed by atoms with van der Waals surface area (Å²) in [5, 5.41) is 10.6. The highest BCUT2D eigenvalue weighted by Crippen LogP contribution is 2.48. The molecule has 0 aliphatic heterocycles. The van der Waals surface area contributed by atoms with E-state index in [0.717, 1.165) is 6.07 Å². The number of nitro groups is 1. The van der Waals surface area contributed by atoms with Gasteiger partial charge in [0.15, 0.2) is 0 Å². The first-order valence-electron chi connectivity index (χ1n) is 4.29. The highest BCUT2D eigenvalue weighted by atomic mass is 31.2. The van der Waals surface area contributed by atoms with Gasteiger partial charge in [0.05, 0.1) is 4.92 Å². The molecular weight excluding hydrogens is 235 g/mol. The van der Waals surface area contributed by atoms with Gasteiger partial charge >= 0.3 is 7.60 Å². The monoisotopic (exact) mass is 246 g/mol. The molecule has 0 bridgehead atoms. The van der Waals surface area contributed by atoms with Gasteiger partial charge in [0.2, 0.25) is 0 Å². The summed E-state index contributed by atoms with van der Waals surface area (Å²) >= 11 is 0. The van der Waals surface area contributed by atoms with Crippen LogP contribution in [0, 0.1) is 17.0 Å². The van der Waals surface area contributed by atoms with Crippen LogP contribution in [-0.4, -0.2) is 14.7 Å². The fraction of sp³-hybridized carbons (Fsp3) is 0.250. The zero-order valence-corrected chi connectivity index (χ0v) is 9.29. The van der Waals surface area contributed by atoms with Crippen molar-refractivity contribution in [1.82, 2.24) is 0 Å². The van der Waals surface area contributed by atoms with Crippen molar-refractivity contribution in [2.45, 2.75) is 12.7 Å². The Morgan fingerprint density at radius 1 is 1.50 bits per heavy atom. The van der Waals surface area contributed by atoms with Crippen molar-refractivity contribution in [1.29, 1.82) is 0 Å². The Morgan fingerprint density at radius 3 is 2.50 bits per heavy atom. The molecule has 88 valence electrons. The molecule has 0 radical (unpaired) electrons. The lowest BCUT2D eigenvalue weighted by molar-refractivity contribution is -0.385. The van der Waals surface area contributed by atoms with Gasteiger partial charge in [0.1, 0.15) is 5.78 Å². The number of nitrogens with zero attached hydrogens (tertiary/aromatic N) is 1. The normalized spacial score (nSPS) is 13.5. The summed E-state index contributed by atoms with van der Waals surface area (Å²) in [6.07, 6.45) is 0. The SMILES string of the molecule is Cc1ccc([C@H](N)P(=O)(O)O)cc1[N+](=O)[O-]. The van der Waals surface area contributed by atoms with Crippen molar-refractivity contribution in [3.63, 3.8) is 0 Å². The molecule has 16 heavy (non-hydrogen) atoms. The zero-order valence-electron chi connectivity index (χ0n) is 8.40. The summed E-state index contributed by atoms with van der Waals surface area (Å²) in [7, 11) is -4.49. The fourth-order valence-electron chi connectivity index (χ4n) is 1.20. The molecule has 0 spiro atoms. The number of hydrogen-bond donors (Lipinski definition) is 3. The Bertz CT molecular complexity index is 469. The third kappa shape index (κ3) is 2.65. The summed E-state index contributed by atoms with van der Waals surface area (Å²) in [4.78, 5) is 27.7. The minimum atomic E-state index is -4.49. The van der Waals surface area contributed by atoms with E-state index in [2.05, 4.69) is 0 Å². The summed E-state index contributed by atoms with van der Waals surface area (Å²) in [6, 6.07) is 3.86. The van der Waals surface area contributed by atoms with Crippen LogP contribution in [-0.2, 0) is 4.57 Å². The smallest absolute Gasteiger partial charge is 0.323 e. The number of aryl methyl sites for hydroxylation is 1. The molecule has 0 aromatic heterocycles. The van der Waals surface area contributed by atoms with Crippen LogP contribution in [0.4, 0.5) is 5.69 Å². The second kappa shape index (κ2) is 4.31. The molecule has 0 saturated carbocycles. The molecule has 1 aromatic rings. The minimum absolute atomic E-state index is 0.0469. The van der Waals surface area contributed by atoms with Crippen molar-refractivity contribution in [2.24, 2.45) is 5.73 Å². The van der Waals surface area contributed by atoms with Crippen LogP contribution in [0.25, 0.3) is 0 Å². The molecule has 8 heteroatoms. The highest BCUT2D eigenvalue weighted by Gasteiger charge is 2.27. The Kier molecular flexibility index (Phi) is 3.44. The second-order valence-electron chi connectivity index (χ2n) is 3.34. The lowest BCUT2D eigenvalue weighted by Gasteiger charge is -2.13. The van der Waals surface area contributed by atoms with Crippen molar-refractivity contribution in [3.05, 3.63) is 39.4 Å². The van der Waals surface area contributed by atoms with Gasteiger partial charge in [-0.15, -0.1) is 0 Å². The van der Waals surface area contributed by atoms with Gasteiger partial charge < -0.3 is 15.5 Å². The third-order valence-corrected chi connectivity index (χ3v) is 3.16. The van der Waals surface area contributed by atoms with Gasteiger partial charge in [0, 0.05) is 11.6 Å². The van der Waals surface area contributed by atoms with Crippen LogP contribution in [0.5, 0.6) is 0 Å². The summed E-state index contributed by atoms with van der Waals surface area (Å²) in [5.74, 6) is -1.54. The van der Waals surface area contributed by atoms with Crippen molar-refractivity contribution in [2.75, 3.05) is 0 Å². The second-order valence-corrected chi connectivity index (χ2v) is 5.07. The van der Waals surface area contributed by atoms with Crippen molar-refractivity contribution < 1.29 is 19.3 Å². The number of hydrogen-bond acceptors (Lipinski definition) is 4. The number of nitro benzene ring substituents is 1. The van der Waals surface area contributed by atoms with Gasteiger partial charge in [0.25, 0.3) is 5.69 Å². The van der Waals surface area contributed by atoms with Gasteiger partial charge in [-0.2, -0.15) is 0 Å². The molecule has 0 unspecified atom stereocenters. The topological polar surface area (TPSA) is 127 Å². The Morgan fingerprint density at radius 2 is 2.06 bits per heavy atom. The Labute approximate surface area is 91.2 Å². The van der Waals surface area contributed by atoms with E-state index >= 15 is 0 Å². The Hall–Kier alpha value is -1.27. The average Bonchev–Trinajstić information content (AvgIpc) is 2.15. The van der Waals surface area contributed by atoms with Gasteiger partial charge in [-0.1, -0.05) is 12.1 Å². The summed E-state index contributed by atoms with van der Waals surface area (Å²) < 4.78 is 10.9. The van der Waals surface area contributed by atoms with Crippen LogP contribution in [0.1, 0.15) is 16.9 Å². The lowest BCUT2D eigenvalue weighted by atomic mass is 10.1. The number of nitrogens with two attached hydrogens (primary N) is 1. The third-order valence-electron chi connectivity index (χ3n) is 2.13. The maximum atomic E-state index is 10.9. The van der Waals surface area contributed by atoms with E-state index in [4.69, 9.17) is 15.5 Å². The van der Waals surface area contributed by atoms with E-state index in [1.807, 2.05) is 0 Å². The predicted octanol–water partition coefficient (Wildman–Crippen LogP) is 1.04. The quantitative estimate of drug-likeness (QED) is 0.415. The maximum Gasteiger partial charge on any atom is 0.346 e. The number of benzene rings is 1. The molecule has 7 nitrogen and oxygen atoms in total. The predicted molar refractivity (Wildman–Crippen MR) is 56.8 cm³/mol. The highest BCUT2D eigenvalue weighted by molar-refractivity contribution is 7.52. The van der Waals surface area contributed by atoms with Gasteiger partial charge in [-0.3, -0.25) is 14.7 Å². The van der Waals surface area contributed by atoms with E-state index in [1.54, 1.807) is 0 Å². The number of rotatable bonds is 3. The summed E-state index contributed by atoms with van der Waals surface area (Å²) in [6.45, 7) is 1.53. The van der Waals surface area contributed by atoms with Crippen LogP contribution in [0.2, 0.25) is 0 Å². The molecule has 1 rings (SSSR count). The van der Waals surface area contributed by atoms with Crippen molar-refractivity contribution in [3.8, 4) is 0 Å². The van der Waals surface area contributed by atoms with E-state index in [9.17, 15) is 14.7 Å².